The molecular formula is C34H48NO5P. The van der Waals surface area contributed by atoms with Crippen molar-refractivity contribution in [2.24, 2.45) is 5.92 Å². The van der Waals surface area contributed by atoms with E-state index in [9.17, 15) is 4.79 Å². The molecule has 0 amide bonds. The van der Waals surface area contributed by atoms with Gasteiger partial charge in [-0.25, -0.2) is 4.79 Å². The Balaban J connectivity index is 0.000000561. The van der Waals surface area contributed by atoms with E-state index in [1.54, 1.807) is 14.2 Å². The molecule has 0 N–H and O–H groups in total. The minimum atomic E-state index is -0.403. The average molecular weight is 582 g/mol. The Kier molecular flexibility index (Phi) is 16.1. The van der Waals surface area contributed by atoms with Crippen LogP contribution in [0.3, 0.4) is 0 Å². The van der Waals surface area contributed by atoms with Crippen LogP contribution in [-0.4, -0.2) is 58.4 Å². The SMILES string of the molecule is CC.COCC(=O)OC(c1cccc(OC)c1OC)C1CCN(CCc2ccc(P)cc2)CC1.Cc1ccccc1. The Morgan fingerprint density at radius 2 is 1.56 bits per heavy atom. The summed E-state index contributed by atoms with van der Waals surface area (Å²) in [4.78, 5) is 14.8. The molecule has 2 unspecified atom stereocenters. The zero-order chi connectivity index (χ0) is 30.0. The fourth-order valence-electron chi connectivity index (χ4n) is 4.83. The maximum atomic E-state index is 12.3. The van der Waals surface area contributed by atoms with Crippen LogP contribution in [0.4, 0.5) is 0 Å². The van der Waals surface area contributed by atoms with Gasteiger partial charge in [-0.1, -0.05) is 86.1 Å². The number of para-hydroxylation sites is 1. The molecule has 2 atom stereocenters. The van der Waals surface area contributed by atoms with E-state index in [4.69, 9.17) is 18.9 Å². The Labute approximate surface area is 249 Å². The van der Waals surface area contributed by atoms with Gasteiger partial charge >= 0.3 is 5.97 Å². The third kappa shape index (κ3) is 11.5. The van der Waals surface area contributed by atoms with Crippen molar-refractivity contribution >= 4 is 20.5 Å². The van der Waals surface area contributed by atoms with Gasteiger partial charge in [0, 0.05) is 25.1 Å². The molecule has 1 saturated heterocycles. The van der Waals surface area contributed by atoms with Gasteiger partial charge in [-0.2, -0.15) is 0 Å². The number of hydrogen-bond acceptors (Lipinski definition) is 6. The summed E-state index contributed by atoms with van der Waals surface area (Å²) in [6.07, 6.45) is 2.51. The summed E-state index contributed by atoms with van der Waals surface area (Å²) in [7, 11) is 7.44. The topological polar surface area (TPSA) is 57.2 Å². The van der Waals surface area contributed by atoms with E-state index in [1.807, 2.05) is 50.2 Å². The van der Waals surface area contributed by atoms with Gasteiger partial charge in [0.05, 0.1) is 14.2 Å². The molecule has 224 valence electrons. The highest BCUT2D eigenvalue weighted by molar-refractivity contribution is 7.27. The molecule has 0 saturated carbocycles. The van der Waals surface area contributed by atoms with Gasteiger partial charge in [-0.15, -0.1) is 9.24 Å². The van der Waals surface area contributed by atoms with E-state index in [0.717, 1.165) is 44.5 Å². The number of methoxy groups -OCH3 is 3. The lowest BCUT2D eigenvalue weighted by Gasteiger charge is -2.36. The number of nitrogens with zero attached hydrogens (tertiary/aromatic N) is 1. The van der Waals surface area contributed by atoms with Gasteiger partial charge in [0.15, 0.2) is 11.5 Å². The molecule has 4 rings (SSSR count). The second-order valence-corrected chi connectivity index (χ2v) is 10.4. The summed E-state index contributed by atoms with van der Waals surface area (Å²) in [5, 5.41) is 1.21. The second-order valence-electron chi connectivity index (χ2n) is 9.75. The van der Waals surface area contributed by atoms with Crippen molar-refractivity contribution in [3.63, 3.8) is 0 Å². The Morgan fingerprint density at radius 1 is 0.902 bits per heavy atom. The maximum absolute atomic E-state index is 12.3. The fraction of sp³-hybridized carbons (Fsp3) is 0.441. The van der Waals surface area contributed by atoms with Crippen molar-refractivity contribution < 1.29 is 23.7 Å². The molecule has 41 heavy (non-hydrogen) atoms. The molecule has 3 aromatic rings. The normalized spacial score (nSPS) is 14.0. The first-order valence-electron chi connectivity index (χ1n) is 14.4. The van der Waals surface area contributed by atoms with Gasteiger partial charge in [0.1, 0.15) is 12.7 Å². The number of rotatable bonds is 10. The molecule has 1 fully saturated rings. The molecule has 0 aliphatic carbocycles. The predicted molar refractivity (Wildman–Crippen MR) is 171 cm³/mol. The minimum absolute atomic E-state index is 0.0727. The Hall–Kier alpha value is -2.92. The van der Waals surface area contributed by atoms with Gasteiger partial charge in [-0.3, -0.25) is 0 Å². The first kappa shape index (κ1) is 34.3. The van der Waals surface area contributed by atoms with Gasteiger partial charge in [-0.05, 0) is 56.2 Å². The van der Waals surface area contributed by atoms with Crippen LogP contribution in [0.1, 0.15) is 49.5 Å². The maximum Gasteiger partial charge on any atom is 0.332 e. The molecule has 1 heterocycles. The van der Waals surface area contributed by atoms with Crippen molar-refractivity contribution in [2.45, 2.75) is 46.1 Å². The van der Waals surface area contributed by atoms with Crippen LogP contribution in [0.2, 0.25) is 0 Å². The van der Waals surface area contributed by atoms with Crippen LogP contribution in [0.25, 0.3) is 0 Å². The fourth-order valence-corrected chi connectivity index (χ4v) is 5.02. The number of carbonyl (C=O) groups is 1. The smallest absolute Gasteiger partial charge is 0.332 e. The number of carbonyl (C=O) groups excluding carboxylic acids is 1. The van der Waals surface area contributed by atoms with E-state index in [2.05, 4.69) is 57.5 Å². The molecule has 1 aliphatic heterocycles. The zero-order valence-corrected chi connectivity index (χ0v) is 26.8. The molecule has 3 aromatic carbocycles. The minimum Gasteiger partial charge on any atom is -0.493 e. The average Bonchev–Trinajstić information content (AvgIpc) is 3.01. The third-order valence-corrected chi connectivity index (χ3v) is 7.34. The van der Waals surface area contributed by atoms with Crippen molar-refractivity contribution in [1.29, 1.82) is 0 Å². The van der Waals surface area contributed by atoms with Crippen LogP contribution < -0.4 is 14.8 Å². The molecular weight excluding hydrogens is 533 g/mol. The summed E-state index contributed by atoms with van der Waals surface area (Å²) in [5.41, 5.74) is 3.51. The van der Waals surface area contributed by atoms with E-state index in [-0.39, 0.29) is 18.5 Å². The Bertz CT molecular complexity index is 1130. The van der Waals surface area contributed by atoms with Crippen molar-refractivity contribution in [3.05, 3.63) is 89.5 Å². The predicted octanol–water partition coefficient (Wildman–Crippen LogP) is 6.41. The highest BCUT2D eigenvalue weighted by atomic mass is 31.0. The molecule has 0 bridgehead atoms. The first-order valence-corrected chi connectivity index (χ1v) is 15.0. The van der Waals surface area contributed by atoms with Crippen molar-refractivity contribution in [1.82, 2.24) is 4.90 Å². The zero-order valence-electron chi connectivity index (χ0n) is 25.6. The van der Waals surface area contributed by atoms with Crippen molar-refractivity contribution in [3.8, 4) is 11.5 Å². The van der Waals surface area contributed by atoms with Gasteiger partial charge in [0.25, 0.3) is 0 Å². The second kappa shape index (κ2) is 19.2. The third-order valence-electron chi connectivity index (χ3n) is 6.96. The summed E-state index contributed by atoms with van der Waals surface area (Å²) < 4.78 is 22.0. The van der Waals surface area contributed by atoms with Gasteiger partial charge < -0.3 is 23.8 Å². The summed E-state index contributed by atoms with van der Waals surface area (Å²) in [6, 6.07) is 24.6. The molecule has 0 aromatic heterocycles. The van der Waals surface area contributed by atoms with Crippen LogP contribution in [-0.2, 0) is 20.7 Å². The highest BCUT2D eigenvalue weighted by Crippen LogP contribution is 2.42. The molecule has 7 heteroatoms. The highest BCUT2D eigenvalue weighted by Gasteiger charge is 2.33. The number of likely N-dealkylation sites (tertiary alicyclic amines) is 1. The number of benzene rings is 3. The van der Waals surface area contributed by atoms with Crippen LogP contribution in [0.15, 0.2) is 72.8 Å². The lowest BCUT2D eigenvalue weighted by Crippen LogP contribution is -2.38. The van der Waals surface area contributed by atoms with Crippen molar-refractivity contribution in [2.75, 3.05) is 47.6 Å². The quantitative estimate of drug-likeness (QED) is 0.204. The standard InChI is InChI=1S/C25H34NO5P.C7H8.C2H6/c1-28-17-23(27)31-24(21-5-4-6-22(29-2)25(21)30-3)19-12-15-26(16-13-19)14-11-18-7-9-20(32)10-8-18;1-7-5-3-2-4-6-7;1-2/h4-10,19,24H,11-17,32H2,1-3H3;2-6H,1H3;1-2H3. The number of esters is 1. The van der Waals surface area contributed by atoms with Gasteiger partial charge in [0.2, 0.25) is 0 Å². The van der Waals surface area contributed by atoms with E-state index >= 15 is 0 Å². The monoisotopic (exact) mass is 581 g/mol. The summed E-state index contributed by atoms with van der Waals surface area (Å²) in [6.45, 7) is 8.98. The molecule has 6 nitrogen and oxygen atoms in total. The number of hydrogen-bond donors (Lipinski definition) is 0. The lowest BCUT2D eigenvalue weighted by molar-refractivity contribution is -0.158. The van der Waals surface area contributed by atoms with Crippen LogP contribution in [0, 0.1) is 12.8 Å². The number of ether oxygens (including phenoxy) is 4. The lowest BCUT2D eigenvalue weighted by atomic mass is 9.86. The largest absolute Gasteiger partial charge is 0.493 e. The summed E-state index contributed by atoms with van der Waals surface area (Å²) >= 11 is 0. The molecule has 0 radical (unpaired) electrons. The number of aryl methyl sites for hydroxylation is 1. The molecule has 1 aliphatic rings. The van der Waals surface area contributed by atoms with E-state index in [1.165, 1.54) is 23.5 Å². The van der Waals surface area contributed by atoms with E-state index < -0.39 is 6.10 Å². The number of piperidine rings is 1. The van der Waals surface area contributed by atoms with Crippen LogP contribution in [0.5, 0.6) is 11.5 Å². The Morgan fingerprint density at radius 3 is 2.10 bits per heavy atom. The summed E-state index contributed by atoms with van der Waals surface area (Å²) in [5.74, 6) is 1.07. The van der Waals surface area contributed by atoms with E-state index in [0.29, 0.717) is 11.5 Å². The van der Waals surface area contributed by atoms with Crippen LogP contribution >= 0.6 is 9.24 Å². The first-order chi connectivity index (χ1) is 19.9. The molecule has 0 spiro atoms.